The summed E-state index contributed by atoms with van der Waals surface area (Å²) < 4.78 is 26.8. The summed E-state index contributed by atoms with van der Waals surface area (Å²) in [6, 6.07) is 2.94. The van der Waals surface area contributed by atoms with Crippen LogP contribution in [0.5, 0.6) is 17.6 Å². The molecule has 0 saturated carbocycles. The lowest BCUT2D eigenvalue weighted by Crippen LogP contribution is -2.48. The number of carbonyl (C=O) groups is 1. The zero-order chi connectivity index (χ0) is 28.6. The molecular weight excluding hydrogens is 539 g/mol. The average Bonchev–Trinajstić information content (AvgIpc) is 3.27. The van der Waals surface area contributed by atoms with E-state index in [0.29, 0.717) is 42.9 Å². The highest BCUT2D eigenvalue weighted by atomic mass is 35.5. The highest BCUT2D eigenvalue weighted by molar-refractivity contribution is 6.33. The van der Waals surface area contributed by atoms with Gasteiger partial charge in [0.25, 0.3) is 0 Å². The molecule has 3 aromatic rings. The standard InChI is InChI=1S/C27H30ClFN8O3/c1-4-21(38)36-7-9-37(10-8-36)25-16-5-6-32-26(40-24-17(12-30)19(31)11-18(29)22(24)28)23(16)33-27(34-25)39-20-14-35(3)13-15(20)2/h4-6,11-12,15,20,30H,1,7-10,13-14,31H2,2-3H3. The summed E-state index contributed by atoms with van der Waals surface area (Å²) >= 11 is 6.23. The van der Waals surface area contributed by atoms with Crippen LogP contribution in [-0.2, 0) is 4.79 Å². The Morgan fingerprint density at radius 2 is 2.02 bits per heavy atom. The van der Waals surface area contributed by atoms with Crippen molar-refractivity contribution in [2.24, 2.45) is 5.92 Å². The number of anilines is 2. The van der Waals surface area contributed by atoms with Crippen molar-refractivity contribution in [1.29, 1.82) is 5.41 Å². The van der Waals surface area contributed by atoms with Crippen molar-refractivity contribution in [3.8, 4) is 17.6 Å². The molecule has 2 fully saturated rings. The van der Waals surface area contributed by atoms with Crippen molar-refractivity contribution in [2.45, 2.75) is 13.0 Å². The highest BCUT2D eigenvalue weighted by Crippen LogP contribution is 2.40. The van der Waals surface area contributed by atoms with Crippen molar-refractivity contribution in [3.05, 3.63) is 47.4 Å². The first-order valence-corrected chi connectivity index (χ1v) is 13.2. The van der Waals surface area contributed by atoms with Gasteiger partial charge in [-0.25, -0.2) is 9.37 Å². The lowest BCUT2D eigenvalue weighted by molar-refractivity contribution is -0.126. The molecule has 0 aliphatic carbocycles. The molecule has 2 aromatic heterocycles. The number of hydrogen-bond donors (Lipinski definition) is 2. The minimum Gasteiger partial charge on any atom is -0.458 e. The number of pyridine rings is 1. The number of piperazine rings is 1. The third-order valence-corrected chi connectivity index (χ3v) is 7.53. The molecule has 3 N–H and O–H groups in total. The van der Waals surface area contributed by atoms with Gasteiger partial charge >= 0.3 is 6.01 Å². The predicted molar refractivity (Wildman–Crippen MR) is 151 cm³/mol. The SMILES string of the molecule is C=CC(=O)N1CCN(c2nc(OC3CN(C)CC3C)nc3c(Oc4c(Cl)c(F)cc(N)c4C=N)nccc23)CC1. The number of likely N-dealkylation sites (N-methyl/N-ethyl adjacent to an activating group) is 1. The molecule has 2 aliphatic rings. The zero-order valence-electron chi connectivity index (χ0n) is 22.2. The Morgan fingerprint density at radius 1 is 1.27 bits per heavy atom. The normalized spacial score (nSPS) is 19.6. The zero-order valence-corrected chi connectivity index (χ0v) is 23.0. The summed E-state index contributed by atoms with van der Waals surface area (Å²) in [4.78, 5) is 31.9. The van der Waals surface area contributed by atoms with Crippen LogP contribution in [0.15, 0.2) is 31.0 Å². The number of likely N-dealkylation sites (tertiary alicyclic amines) is 1. The summed E-state index contributed by atoms with van der Waals surface area (Å²) in [6.45, 7) is 9.32. The molecule has 0 spiro atoms. The van der Waals surface area contributed by atoms with Crippen LogP contribution in [0.1, 0.15) is 12.5 Å². The number of ether oxygens (including phenoxy) is 2. The summed E-state index contributed by atoms with van der Waals surface area (Å²) in [5, 5.41) is 8.06. The van der Waals surface area contributed by atoms with Gasteiger partial charge in [0.15, 0.2) is 5.75 Å². The molecule has 1 aromatic carbocycles. The van der Waals surface area contributed by atoms with Gasteiger partial charge in [0, 0.05) is 63.3 Å². The number of nitrogen functional groups attached to an aromatic ring is 1. The van der Waals surface area contributed by atoms with Crippen LogP contribution in [-0.4, -0.2) is 89.3 Å². The number of nitrogens with one attached hydrogen (secondary N) is 1. The Balaban J connectivity index is 1.59. The minimum absolute atomic E-state index is 0.00208. The van der Waals surface area contributed by atoms with Crippen LogP contribution in [0.3, 0.4) is 0 Å². The summed E-state index contributed by atoms with van der Waals surface area (Å²) in [5.74, 6) is -0.170. The maximum atomic E-state index is 14.5. The second-order valence-electron chi connectivity index (χ2n) is 9.96. The average molecular weight is 569 g/mol. The van der Waals surface area contributed by atoms with E-state index in [1.54, 1.807) is 11.0 Å². The van der Waals surface area contributed by atoms with Crippen molar-refractivity contribution in [3.63, 3.8) is 0 Å². The number of rotatable bonds is 7. The van der Waals surface area contributed by atoms with Gasteiger partial charge in [0.2, 0.25) is 11.8 Å². The topological polar surface area (TPSA) is 134 Å². The van der Waals surface area contributed by atoms with Crippen LogP contribution < -0.4 is 20.1 Å². The molecule has 5 rings (SSSR count). The highest BCUT2D eigenvalue weighted by Gasteiger charge is 2.31. The van der Waals surface area contributed by atoms with Crippen LogP contribution in [0.25, 0.3) is 10.9 Å². The lowest BCUT2D eigenvalue weighted by Gasteiger charge is -2.35. The van der Waals surface area contributed by atoms with Crippen molar-refractivity contribution in [2.75, 3.05) is 56.9 Å². The third kappa shape index (κ3) is 5.24. The Hall–Kier alpha value is -4.03. The summed E-state index contributed by atoms with van der Waals surface area (Å²) in [7, 11) is 2.03. The minimum atomic E-state index is -0.786. The molecule has 4 heterocycles. The van der Waals surface area contributed by atoms with E-state index in [9.17, 15) is 9.18 Å². The largest absolute Gasteiger partial charge is 0.458 e. The second-order valence-corrected chi connectivity index (χ2v) is 10.3. The predicted octanol–water partition coefficient (Wildman–Crippen LogP) is 3.35. The van der Waals surface area contributed by atoms with Crippen LogP contribution in [0.4, 0.5) is 15.9 Å². The Labute approximate surface area is 235 Å². The molecule has 2 atom stereocenters. The molecule has 1 amide bonds. The Bertz CT molecular complexity index is 1480. The lowest BCUT2D eigenvalue weighted by atomic mass is 10.1. The number of halogens is 2. The van der Waals surface area contributed by atoms with Gasteiger partial charge in [-0.3, -0.25) is 4.79 Å². The number of aromatic nitrogens is 3. The summed E-state index contributed by atoms with van der Waals surface area (Å²) in [5.41, 5.74) is 6.36. The van der Waals surface area contributed by atoms with Gasteiger partial charge in [-0.2, -0.15) is 9.97 Å². The van der Waals surface area contributed by atoms with E-state index in [1.165, 1.54) is 12.3 Å². The van der Waals surface area contributed by atoms with Crippen LogP contribution in [0.2, 0.25) is 5.02 Å². The van der Waals surface area contributed by atoms with Crippen LogP contribution >= 0.6 is 11.6 Å². The van der Waals surface area contributed by atoms with E-state index in [4.69, 9.17) is 37.2 Å². The first-order chi connectivity index (χ1) is 19.2. The van der Waals surface area contributed by atoms with E-state index >= 15 is 0 Å². The third-order valence-electron chi connectivity index (χ3n) is 7.18. The number of hydrogen-bond acceptors (Lipinski definition) is 10. The van der Waals surface area contributed by atoms with Crippen LogP contribution in [0, 0.1) is 17.1 Å². The fourth-order valence-corrected chi connectivity index (χ4v) is 5.27. The van der Waals surface area contributed by atoms with Gasteiger partial charge in [-0.05, 0) is 25.3 Å². The molecule has 11 nitrogen and oxygen atoms in total. The molecule has 2 unspecified atom stereocenters. The number of nitrogens with two attached hydrogens (primary N) is 1. The van der Waals surface area contributed by atoms with Gasteiger partial charge < -0.3 is 35.3 Å². The molecule has 13 heteroatoms. The van der Waals surface area contributed by atoms with Crippen molar-refractivity contribution in [1.82, 2.24) is 24.8 Å². The van der Waals surface area contributed by atoms with E-state index in [1.807, 2.05) is 11.9 Å². The number of fused-ring (bicyclic) bond motifs is 1. The molecule has 2 aliphatic heterocycles. The smallest absolute Gasteiger partial charge is 0.319 e. The molecular formula is C27H30ClFN8O3. The van der Waals surface area contributed by atoms with Gasteiger partial charge in [-0.15, -0.1) is 0 Å². The fraction of sp³-hybridized carbons (Fsp3) is 0.370. The first-order valence-electron chi connectivity index (χ1n) is 12.8. The molecule has 0 radical (unpaired) electrons. The van der Waals surface area contributed by atoms with Gasteiger partial charge in [0.1, 0.15) is 28.3 Å². The first kappa shape index (κ1) is 27.5. The van der Waals surface area contributed by atoms with E-state index in [0.717, 1.165) is 25.4 Å². The maximum absolute atomic E-state index is 14.5. The van der Waals surface area contributed by atoms with E-state index in [-0.39, 0.29) is 51.8 Å². The number of benzene rings is 1. The fourth-order valence-electron chi connectivity index (χ4n) is 5.07. The molecule has 40 heavy (non-hydrogen) atoms. The Morgan fingerprint density at radius 3 is 2.67 bits per heavy atom. The molecule has 2 saturated heterocycles. The van der Waals surface area contributed by atoms with E-state index in [2.05, 4.69) is 28.4 Å². The number of carbonyl (C=O) groups excluding carboxylic acids is 1. The number of amides is 1. The van der Waals surface area contributed by atoms with Crippen molar-refractivity contribution >= 4 is 46.1 Å². The number of nitrogens with zero attached hydrogens (tertiary/aromatic N) is 6. The van der Waals surface area contributed by atoms with E-state index < -0.39 is 5.82 Å². The Kier molecular flexibility index (Phi) is 7.72. The second kappa shape index (κ2) is 11.2. The molecule has 210 valence electrons. The van der Waals surface area contributed by atoms with Crippen molar-refractivity contribution < 1.29 is 18.7 Å². The maximum Gasteiger partial charge on any atom is 0.319 e. The monoisotopic (exact) mass is 568 g/mol. The van der Waals surface area contributed by atoms with Gasteiger partial charge in [0.05, 0.1) is 10.9 Å². The summed E-state index contributed by atoms with van der Waals surface area (Å²) in [6.07, 6.45) is 3.65. The molecule has 0 bridgehead atoms. The van der Waals surface area contributed by atoms with Gasteiger partial charge in [-0.1, -0.05) is 25.1 Å². The quantitative estimate of drug-likeness (QED) is 0.250.